The van der Waals surface area contributed by atoms with Gasteiger partial charge in [0.1, 0.15) is 0 Å². The van der Waals surface area contributed by atoms with Crippen molar-refractivity contribution >= 4 is 27.8 Å². The summed E-state index contributed by atoms with van der Waals surface area (Å²) in [6, 6.07) is 9.35. The molecule has 1 aromatic carbocycles. The highest BCUT2D eigenvalue weighted by Crippen LogP contribution is 2.64. The van der Waals surface area contributed by atoms with E-state index in [2.05, 4.69) is 15.9 Å². The van der Waals surface area contributed by atoms with Crippen LogP contribution in [0.3, 0.4) is 0 Å². The Balaban J connectivity index is 1.60. The van der Waals surface area contributed by atoms with Crippen molar-refractivity contribution in [1.29, 1.82) is 0 Å². The number of amides is 1. The molecule has 4 nitrogen and oxygen atoms in total. The SMILES string of the molecule is CN(C)C(=O)[C@@H](OC(=O)C12C[C@@H]3C[C@@H](CC(Br)(C3)C1)C2)c1ccccc1. The number of ether oxygens (including phenoxy) is 1. The number of hydrogen-bond acceptors (Lipinski definition) is 3. The summed E-state index contributed by atoms with van der Waals surface area (Å²) in [5.74, 6) is 0.827. The number of benzene rings is 1. The van der Waals surface area contributed by atoms with Crippen molar-refractivity contribution in [2.24, 2.45) is 17.3 Å². The van der Waals surface area contributed by atoms with Crippen molar-refractivity contribution in [2.45, 2.75) is 49.0 Å². The first-order valence-electron chi connectivity index (χ1n) is 9.46. The Hall–Kier alpha value is -1.36. The third-order valence-electron chi connectivity index (χ3n) is 6.41. The van der Waals surface area contributed by atoms with Crippen molar-refractivity contribution < 1.29 is 14.3 Å². The molecule has 4 bridgehead atoms. The number of hydrogen-bond donors (Lipinski definition) is 0. The van der Waals surface area contributed by atoms with Crippen LogP contribution in [0.15, 0.2) is 30.3 Å². The molecule has 4 aliphatic carbocycles. The summed E-state index contributed by atoms with van der Waals surface area (Å²) in [5.41, 5.74) is 0.311. The summed E-state index contributed by atoms with van der Waals surface area (Å²) in [5, 5.41) is 0. The molecule has 0 heterocycles. The first-order valence-corrected chi connectivity index (χ1v) is 10.3. The van der Waals surface area contributed by atoms with E-state index in [1.807, 2.05) is 30.3 Å². The molecule has 1 amide bonds. The summed E-state index contributed by atoms with van der Waals surface area (Å²) in [6.07, 6.45) is 5.36. The average Bonchev–Trinajstić information content (AvgIpc) is 2.57. The summed E-state index contributed by atoms with van der Waals surface area (Å²) in [7, 11) is 3.40. The van der Waals surface area contributed by atoms with Gasteiger partial charge in [-0.25, -0.2) is 0 Å². The van der Waals surface area contributed by atoms with Crippen LogP contribution in [0.4, 0.5) is 0 Å². The van der Waals surface area contributed by atoms with E-state index in [1.165, 1.54) is 11.3 Å². The van der Waals surface area contributed by atoms with Gasteiger partial charge in [-0.05, 0) is 50.4 Å². The molecule has 0 spiro atoms. The summed E-state index contributed by atoms with van der Waals surface area (Å²) < 4.78 is 6.03. The first kappa shape index (κ1) is 18.0. The molecular weight excluding hydrogens is 394 g/mol. The number of halogens is 1. The van der Waals surface area contributed by atoms with Crippen LogP contribution >= 0.6 is 15.9 Å². The van der Waals surface area contributed by atoms with Crippen LogP contribution in [0, 0.1) is 17.3 Å². The Bertz CT molecular complexity index is 703. The molecule has 0 aliphatic heterocycles. The van der Waals surface area contributed by atoms with E-state index < -0.39 is 11.5 Å². The summed E-state index contributed by atoms with van der Waals surface area (Å²) in [4.78, 5) is 27.5. The topological polar surface area (TPSA) is 46.6 Å². The minimum Gasteiger partial charge on any atom is -0.447 e. The van der Waals surface area contributed by atoms with Crippen molar-refractivity contribution in [2.75, 3.05) is 14.1 Å². The zero-order valence-corrected chi connectivity index (χ0v) is 17.0. The molecule has 4 aliphatic rings. The number of rotatable bonds is 4. The normalized spacial score (nSPS) is 35.8. The molecule has 140 valence electrons. The van der Waals surface area contributed by atoms with Crippen LogP contribution in [0.5, 0.6) is 0 Å². The van der Waals surface area contributed by atoms with Crippen LogP contribution < -0.4 is 0 Å². The summed E-state index contributed by atoms with van der Waals surface area (Å²) >= 11 is 3.94. The van der Waals surface area contributed by atoms with Crippen molar-refractivity contribution in [3.63, 3.8) is 0 Å². The van der Waals surface area contributed by atoms with Gasteiger partial charge in [0, 0.05) is 24.0 Å². The van der Waals surface area contributed by atoms with E-state index >= 15 is 0 Å². The van der Waals surface area contributed by atoms with Gasteiger partial charge in [0.15, 0.2) is 0 Å². The van der Waals surface area contributed by atoms with E-state index in [9.17, 15) is 9.59 Å². The number of nitrogens with zero attached hydrogens (tertiary/aromatic N) is 1. The highest BCUT2D eigenvalue weighted by molar-refractivity contribution is 9.10. The van der Waals surface area contributed by atoms with Crippen LogP contribution in [0.1, 0.15) is 50.2 Å². The van der Waals surface area contributed by atoms with Gasteiger partial charge >= 0.3 is 5.97 Å². The van der Waals surface area contributed by atoms with E-state index in [4.69, 9.17) is 4.74 Å². The Kier molecular flexibility index (Phi) is 4.41. The molecule has 5 heteroatoms. The predicted molar refractivity (Wildman–Crippen MR) is 103 cm³/mol. The maximum absolute atomic E-state index is 13.3. The van der Waals surface area contributed by atoms with E-state index in [-0.39, 0.29) is 16.2 Å². The molecule has 1 aromatic rings. The van der Waals surface area contributed by atoms with Crippen LogP contribution in [-0.4, -0.2) is 35.2 Å². The quantitative estimate of drug-likeness (QED) is 0.545. The molecule has 0 aromatic heterocycles. The third-order valence-corrected chi connectivity index (χ3v) is 7.34. The minimum absolute atomic E-state index is 0.0872. The lowest BCUT2D eigenvalue weighted by atomic mass is 9.49. The number of carbonyl (C=O) groups excluding carboxylic acids is 2. The molecule has 5 atom stereocenters. The van der Waals surface area contributed by atoms with Crippen molar-refractivity contribution in [3.05, 3.63) is 35.9 Å². The first-order chi connectivity index (χ1) is 12.3. The smallest absolute Gasteiger partial charge is 0.313 e. The fraction of sp³-hybridized carbons (Fsp3) is 0.619. The minimum atomic E-state index is -0.863. The van der Waals surface area contributed by atoms with Crippen LogP contribution in [0.2, 0.25) is 0 Å². The Morgan fingerprint density at radius 2 is 1.73 bits per heavy atom. The van der Waals surface area contributed by atoms with Crippen molar-refractivity contribution in [1.82, 2.24) is 4.90 Å². The maximum atomic E-state index is 13.3. The van der Waals surface area contributed by atoms with Gasteiger partial charge in [0.2, 0.25) is 6.10 Å². The Morgan fingerprint density at radius 1 is 1.12 bits per heavy atom. The second-order valence-electron chi connectivity index (χ2n) is 8.82. The summed E-state index contributed by atoms with van der Waals surface area (Å²) in [6.45, 7) is 0. The predicted octanol–water partition coefficient (Wildman–Crippen LogP) is 4.09. The second kappa shape index (κ2) is 6.36. The van der Waals surface area contributed by atoms with Crippen LogP contribution in [-0.2, 0) is 14.3 Å². The fourth-order valence-electron chi connectivity index (χ4n) is 5.74. The lowest BCUT2D eigenvalue weighted by Crippen LogP contribution is -2.56. The molecule has 0 radical (unpaired) electrons. The fourth-order valence-corrected chi connectivity index (χ4v) is 7.20. The zero-order valence-electron chi connectivity index (χ0n) is 15.4. The molecule has 0 saturated heterocycles. The van der Waals surface area contributed by atoms with E-state index in [0.717, 1.165) is 37.7 Å². The van der Waals surface area contributed by atoms with Gasteiger partial charge < -0.3 is 9.64 Å². The third kappa shape index (κ3) is 3.08. The number of likely N-dealkylation sites (N-methyl/N-ethyl adjacent to an activating group) is 1. The van der Waals surface area contributed by atoms with Gasteiger partial charge in [-0.15, -0.1) is 0 Å². The molecule has 4 saturated carbocycles. The van der Waals surface area contributed by atoms with Gasteiger partial charge in [-0.3, -0.25) is 9.59 Å². The number of esters is 1. The van der Waals surface area contributed by atoms with Gasteiger partial charge in [-0.2, -0.15) is 0 Å². The monoisotopic (exact) mass is 419 g/mol. The Labute approximate surface area is 163 Å². The maximum Gasteiger partial charge on any atom is 0.313 e. The van der Waals surface area contributed by atoms with Gasteiger partial charge in [0.05, 0.1) is 5.41 Å². The molecular formula is C21H26BrNO3. The average molecular weight is 420 g/mol. The number of carbonyl (C=O) groups is 2. The van der Waals surface area contributed by atoms with Crippen LogP contribution in [0.25, 0.3) is 0 Å². The molecule has 26 heavy (non-hydrogen) atoms. The second-order valence-corrected chi connectivity index (χ2v) is 10.5. The highest BCUT2D eigenvalue weighted by Gasteiger charge is 2.61. The molecule has 5 rings (SSSR count). The lowest BCUT2D eigenvalue weighted by Gasteiger charge is -2.59. The largest absolute Gasteiger partial charge is 0.447 e. The van der Waals surface area contributed by atoms with Gasteiger partial charge in [0.25, 0.3) is 5.91 Å². The van der Waals surface area contributed by atoms with E-state index in [0.29, 0.717) is 11.8 Å². The molecule has 2 unspecified atom stereocenters. The molecule has 0 N–H and O–H groups in total. The molecule has 4 fully saturated rings. The standard InChI is InChI=1S/C21H26BrNO3/c1-23(2)18(24)17(16-6-4-3-5-7-16)26-19(25)20-9-14-8-15(10-20)12-21(22,11-14)13-20/h3-7,14-15,17H,8-13H2,1-2H3/t14-,15+,17-,20?,21?/m0/s1. The highest BCUT2D eigenvalue weighted by atomic mass is 79.9. The lowest BCUT2D eigenvalue weighted by molar-refractivity contribution is -0.179. The number of alkyl halides is 1. The zero-order chi connectivity index (χ0) is 18.5. The van der Waals surface area contributed by atoms with Gasteiger partial charge in [-0.1, -0.05) is 46.3 Å². The Morgan fingerprint density at radius 3 is 2.27 bits per heavy atom. The van der Waals surface area contributed by atoms with E-state index in [1.54, 1.807) is 14.1 Å². The van der Waals surface area contributed by atoms with Crippen molar-refractivity contribution in [3.8, 4) is 0 Å².